The van der Waals surface area contributed by atoms with Crippen molar-refractivity contribution in [2.45, 2.75) is 28.5 Å². The SMILES string of the molecule is COC(=O)c1cc(S(=O)(=O)C2CC2)ccc1OS(=O)(=O)C(F)(F)F. The van der Waals surface area contributed by atoms with E-state index in [-0.39, 0.29) is 4.90 Å². The Bertz CT molecular complexity index is 868. The van der Waals surface area contributed by atoms with E-state index in [0.29, 0.717) is 18.9 Å². The third-order valence-electron chi connectivity index (χ3n) is 3.13. The average molecular weight is 388 g/mol. The van der Waals surface area contributed by atoms with Crippen LogP contribution >= 0.6 is 0 Å². The molecule has 0 unspecified atom stereocenters. The van der Waals surface area contributed by atoms with Crippen molar-refractivity contribution in [3.8, 4) is 5.75 Å². The van der Waals surface area contributed by atoms with Crippen LogP contribution in [0.15, 0.2) is 23.1 Å². The molecule has 0 radical (unpaired) electrons. The second-order valence-electron chi connectivity index (χ2n) is 4.88. The van der Waals surface area contributed by atoms with Crippen molar-refractivity contribution in [1.82, 2.24) is 0 Å². The number of rotatable bonds is 5. The summed E-state index contributed by atoms with van der Waals surface area (Å²) in [5.74, 6) is -2.22. The first-order valence-corrected chi connectivity index (χ1v) is 9.32. The molecule has 12 heteroatoms. The molecular weight excluding hydrogens is 377 g/mol. The average Bonchev–Trinajstić information content (AvgIpc) is 3.30. The van der Waals surface area contributed by atoms with E-state index in [1.165, 1.54) is 0 Å². The van der Waals surface area contributed by atoms with Gasteiger partial charge in [-0.25, -0.2) is 13.2 Å². The summed E-state index contributed by atoms with van der Waals surface area (Å²) >= 11 is 0. The number of alkyl halides is 3. The molecule has 1 aromatic carbocycles. The van der Waals surface area contributed by atoms with Crippen molar-refractivity contribution in [3.63, 3.8) is 0 Å². The van der Waals surface area contributed by atoms with Crippen LogP contribution in [-0.2, 0) is 24.7 Å². The Morgan fingerprint density at radius 1 is 1.17 bits per heavy atom. The van der Waals surface area contributed by atoms with Gasteiger partial charge >= 0.3 is 21.6 Å². The number of carbonyl (C=O) groups excluding carboxylic acids is 1. The first-order chi connectivity index (χ1) is 10.9. The molecule has 134 valence electrons. The van der Waals surface area contributed by atoms with Crippen LogP contribution in [0.5, 0.6) is 5.75 Å². The van der Waals surface area contributed by atoms with Crippen molar-refractivity contribution in [3.05, 3.63) is 23.8 Å². The van der Waals surface area contributed by atoms with Gasteiger partial charge in [-0.05, 0) is 31.0 Å². The van der Waals surface area contributed by atoms with Gasteiger partial charge in [-0.2, -0.15) is 21.6 Å². The Labute approximate surface area is 135 Å². The van der Waals surface area contributed by atoms with E-state index in [0.717, 1.165) is 19.2 Å². The summed E-state index contributed by atoms with van der Waals surface area (Å²) in [7, 11) is -8.88. The Hall–Kier alpha value is -1.82. The standard InChI is InChI=1S/C12H11F3O7S2/c1-21-11(16)9-6-8(23(17,18)7-2-3-7)4-5-10(9)22-24(19,20)12(13,14)15/h4-7H,2-3H2,1H3. The highest BCUT2D eigenvalue weighted by atomic mass is 32.2. The lowest BCUT2D eigenvalue weighted by atomic mass is 10.2. The normalized spacial score (nSPS) is 15.8. The van der Waals surface area contributed by atoms with Crippen LogP contribution < -0.4 is 4.18 Å². The molecule has 0 atom stereocenters. The van der Waals surface area contributed by atoms with E-state index < -0.39 is 48.0 Å². The van der Waals surface area contributed by atoms with E-state index >= 15 is 0 Å². The van der Waals surface area contributed by atoms with E-state index in [9.17, 15) is 34.8 Å². The monoisotopic (exact) mass is 388 g/mol. The van der Waals surface area contributed by atoms with Crippen molar-refractivity contribution in [2.75, 3.05) is 7.11 Å². The maximum atomic E-state index is 12.4. The fourth-order valence-electron chi connectivity index (χ4n) is 1.76. The predicted octanol–water partition coefficient (Wildman–Crippen LogP) is 1.64. The topological polar surface area (TPSA) is 104 Å². The van der Waals surface area contributed by atoms with Gasteiger partial charge in [-0.15, -0.1) is 0 Å². The second-order valence-corrected chi connectivity index (χ2v) is 8.64. The molecule has 0 aliphatic heterocycles. The number of carbonyl (C=O) groups is 1. The number of esters is 1. The summed E-state index contributed by atoms with van der Waals surface area (Å²) in [4.78, 5) is 11.3. The molecular formula is C12H11F3O7S2. The lowest BCUT2D eigenvalue weighted by molar-refractivity contribution is -0.0500. The van der Waals surface area contributed by atoms with Gasteiger partial charge in [0, 0.05) is 0 Å². The van der Waals surface area contributed by atoms with Crippen LogP contribution in [0.4, 0.5) is 13.2 Å². The minimum absolute atomic E-state index is 0.331. The molecule has 1 fully saturated rings. The molecule has 0 N–H and O–H groups in total. The Morgan fingerprint density at radius 2 is 1.75 bits per heavy atom. The fourth-order valence-corrected chi connectivity index (χ4v) is 3.92. The third kappa shape index (κ3) is 3.48. The van der Waals surface area contributed by atoms with Gasteiger partial charge in [-0.1, -0.05) is 0 Å². The number of ether oxygens (including phenoxy) is 1. The summed E-state index contributed by atoms with van der Waals surface area (Å²) in [5, 5.41) is -0.631. The van der Waals surface area contributed by atoms with Gasteiger partial charge in [-0.3, -0.25) is 0 Å². The summed E-state index contributed by atoms with van der Waals surface area (Å²) < 4.78 is 91.8. The third-order valence-corrected chi connectivity index (χ3v) is 6.36. The number of methoxy groups -OCH3 is 1. The van der Waals surface area contributed by atoms with E-state index in [1.54, 1.807) is 0 Å². The van der Waals surface area contributed by atoms with Crippen molar-refractivity contribution < 1.29 is 43.7 Å². The van der Waals surface area contributed by atoms with Crippen LogP contribution in [0.25, 0.3) is 0 Å². The Balaban J connectivity index is 2.51. The van der Waals surface area contributed by atoms with Gasteiger partial charge in [0.25, 0.3) is 0 Å². The van der Waals surface area contributed by atoms with E-state index in [2.05, 4.69) is 8.92 Å². The lowest BCUT2D eigenvalue weighted by Crippen LogP contribution is -2.28. The zero-order chi connectivity index (χ0) is 18.3. The Morgan fingerprint density at radius 3 is 2.21 bits per heavy atom. The van der Waals surface area contributed by atoms with Crippen LogP contribution in [0.3, 0.4) is 0 Å². The zero-order valence-corrected chi connectivity index (χ0v) is 13.7. The highest BCUT2D eigenvalue weighted by Gasteiger charge is 2.49. The highest BCUT2D eigenvalue weighted by Crippen LogP contribution is 2.36. The Kier molecular flexibility index (Phi) is 4.57. The molecule has 0 aromatic heterocycles. The molecule has 0 saturated heterocycles. The van der Waals surface area contributed by atoms with Crippen molar-refractivity contribution >= 4 is 25.9 Å². The van der Waals surface area contributed by atoms with Gasteiger partial charge in [0.1, 0.15) is 5.56 Å². The summed E-state index contributed by atoms with van der Waals surface area (Å²) in [6.07, 6.45) is 0.854. The van der Waals surface area contributed by atoms with Crippen molar-refractivity contribution in [1.29, 1.82) is 0 Å². The maximum absolute atomic E-state index is 12.4. The largest absolute Gasteiger partial charge is 0.534 e. The van der Waals surface area contributed by atoms with E-state index in [1.807, 2.05) is 0 Å². The molecule has 1 aliphatic rings. The summed E-state index contributed by atoms with van der Waals surface area (Å²) in [6.45, 7) is 0. The molecule has 0 spiro atoms. The summed E-state index contributed by atoms with van der Waals surface area (Å²) in [6, 6.07) is 2.28. The van der Waals surface area contributed by atoms with Crippen LogP contribution in [-0.4, -0.2) is 40.7 Å². The number of halogens is 3. The number of benzene rings is 1. The first-order valence-electron chi connectivity index (χ1n) is 6.37. The minimum atomic E-state index is -6.02. The molecule has 0 amide bonds. The van der Waals surface area contributed by atoms with Gasteiger partial charge < -0.3 is 8.92 Å². The minimum Gasteiger partial charge on any atom is -0.465 e. The molecule has 0 heterocycles. The first kappa shape index (κ1) is 18.5. The number of hydrogen-bond donors (Lipinski definition) is 0. The lowest BCUT2D eigenvalue weighted by Gasteiger charge is -2.13. The molecule has 1 aliphatic carbocycles. The predicted molar refractivity (Wildman–Crippen MR) is 73.6 cm³/mol. The molecule has 24 heavy (non-hydrogen) atoms. The van der Waals surface area contributed by atoms with E-state index in [4.69, 9.17) is 0 Å². The molecule has 1 aromatic rings. The maximum Gasteiger partial charge on any atom is 0.534 e. The molecule has 7 nitrogen and oxygen atoms in total. The number of sulfone groups is 1. The van der Waals surface area contributed by atoms with Gasteiger partial charge in [0.2, 0.25) is 0 Å². The fraction of sp³-hybridized carbons (Fsp3) is 0.417. The van der Waals surface area contributed by atoms with Crippen LogP contribution in [0.1, 0.15) is 23.2 Å². The summed E-state index contributed by atoms with van der Waals surface area (Å²) in [5.41, 5.74) is -6.45. The van der Waals surface area contributed by atoms with Gasteiger partial charge in [0.05, 0.1) is 17.3 Å². The smallest absolute Gasteiger partial charge is 0.465 e. The number of hydrogen-bond acceptors (Lipinski definition) is 7. The quantitative estimate of drug-likeness (QED) is 0.429. The second kappa shape index (κ2) is 5.92. The molecule has 2 rings (SSSR count). The van der Waals surface area contributed by atoms with Gasteiger partial charge in [0.15, 0.2) is 15.6 Å². The molecule has 1 saturated carbocycles. The highest BCUT2D eigenvalue weighted by molar-refractivity contribution is 7.92. The molecule has 0 bridgehead atoms. The zero-order valence-electron chi connectivity index (χ0n) is 12.0. The van der Waals surface area contributed by atoms with Crippen molar-refractivity contribution in [2.24, 2.45) is 0 Å². The van der Waals surface area contributed by atoms with Crippen LogP contribution in [0.2, 0.25) is 0 Å². The van der Waals surface area contributed by atoms with Crippen LogP contribution in [0, 0.1) is 0 Å².